The molecule has 3 heteroatoms. The second kappa shape index (κ2) is 2.96. The van der Waals surface area contributed by atoms with E-state index in [0.717, 1.165) is 24.9 Å². The van der Waals surface area contributed by atoms with Crippen molar-refractivity contribution in [3.8, 4) is 0 Å². The highest BCUT2D eigenvalue weighted by Crippen LogP contribution is 2.36. The summed E-state index contributed by atoms with van der Waals surface area (Å²) in [6.45, 7) is 6.40. The van der Waals surface area contributed by atoms with Gasteiger partial charge in [-0.3, -0.25) is 4.79 Å². The Kier molecular flexibility index (Phi) is 1.84. The summed E-state index contributed by atoms with van der Waals surface area (Å²) >= 11 is 0. The lowest BCUT2D eigenvalue weighted by atomic mass is 9.84. The second-order valence-electron chi connectivity index (χ2n) is 5.25. The molecule has 0 aromatic heterocycles. The molecular formula is C11H18N2O. The summed E-state index contributed by atoms with van der Waals surface area (Å²) < 4.78 is 0. The van der Waals surface area contributed by atoms with Crippen molar-refractivity contribution < 1.29 is 4.79 Å². The highest BCUT2D eigenvalue weighted by molar-refractivity contribution is 5.73. The smallest absolute Gasteiger partial charge is 0.219 e. The molecule has 4 saturated heterocycles. The number of piperidine rings is 2. The van der Waals surface area contributed by atoms with Crippen LogP contribution in [0.5, 0.6) is 0 Å². The molecule has 0 spiro atoms. The molecule has 0 aliphatic carbocycles. The van der Waals surface area contributed by atoms with Gasteiger partial charge in [-0.2, -0.15) is 0 Å². The van der Waals surface area contributed by atoms with Crippen molar-refractivity contribution in [3.63, 3.8) is 0 Å². The molecule has 0 aromatic rings. The zero-order chi connectivity index (χ0) is 9.71. The highest BCUT2D eigenvalue weighted by atomic mass is 16.2. The molecule has 0 radical (unpaired) electrons. The molecule has 4 atom stereocenters. The number of hydrogen-bond donors (Lipinski definition) is 0. The molecular weight excluding hydrogens is 176 g/mol. The molecule has 0 saturated carbocycles. The summed E-state index contributed by atoms with van der Waals surface area (Å²) in [6.07, 6.45) is 2.61. The fraction of sp³-hybridized carbons (Fsp3) is 0.909. The molecule has 4 aliphatic heterocycles. The zero-order valence-electron chi connectivity index (χ0n) is 8.78. The van der Waals surface area contributed by atoms with Gasteiger partial charge in [-0.25, -0.2) is 0 Å². The van der Waals surface area contributed by atoms with Crippen molar-refractivity contribution in [3.05, 3.63) is 0 Å². The van der Waals surface area contributed by atoms with Crippen molar-refractivity contribution >= 4 is 5.91 Å². The van der Waals surface area contributed by atoms with E-state index in [1.54, 1.807) is 6.92 Å². The first-order valence-corrected chi connectivity index (χ1v) is 5.72. The van der Waals surface area contributed by atoms with Crippen molar-refractivity contribution in [2.24, 2.45) is 11.8 Å². The summed E-state index contributed by atoms with van der Waals surface area (Å²) in [6, 6.07) is 0.527. The monoisotopic (exact) mass is 194 g/mol. The Bertz CT molecular complexity index is 252. The molecule has 4 bridgehead atoms. The zero-order valence-corrected chi connectivity index (χ0v) is 8.78. The summed E-state index contributed by atoms with van der Waals surface area (Å²) in [4.78, 5) is 16.2. The molecule has 4 fully saturated rings. The lowest BCUT2D eigenvalue weighted by molar-refractivity contribution is -0.131. The quantitative estimate of drug-likeness (QED) is 0.562. The average Bonchev–Trinajstić information content (AvgIpc) is 2.30. The molecule has 78 valence electrons. The summed E-state index contributed by atoms with van der Waals surface area (Å²) in [5.74, 6) is 1.91. The van der Waals surface area contributed by atoms with Gasteiger partial charge in [0.25, 0.3) is 0 Å². The van der Waals surface area contributed by atoms with E-state index in [1.807, 2.05) is 0 Å². The van der Waals surface area contributed by atoms with Gasteiger partial charge in [-0.05, 0) is 24.7 Å². The first-order valence-electron chi connectivity index (χ1n) is 5.72. The van der Waals surface area contributed by atoms with Crippen molar-refractivity contribution in [1.29, 1.82) is 0 Å². The minimum atomic E-state index is 0.282. The number of amides is 1. The van der Waals surface area contributed by atoms with E-state index in [9.17, 15) is 4.79 Å². The number of fused-ring (bicyclic) bond motifs is 1. The van der Waals surface area contributed by atoms with Crippen molar-refractivity contribution in [2.75, 3.05) is 26.2 Å². The van der Waals surface area contributed by atoms with Crippen LogP contribution in [0.3, 0.4) is 0 Å². The van der Waals surface area contributed by atoms with Gasteiger partial charge < -0.3 is 9.80 Å². The molecule has 4 unspecified atom stereocenters. The van der Waals surface area contributed by atoms with Crippen LogP contribution in [0.25, 0.3) is 0 Å². The van der Waals surface area contributed by atoms with Crippen LogP contribution in [-0.4, -0.2) is 47.9 Å². The van der Waals surface area contributed by atoms with Crippen LogP contribution >= 0.6 is 0 Å². The van der Waals surface area contributed by atoms with Crippen LogP contribution in [0.15, 0.2) is 0 Å². The fourth-order valence-electron chi connectivity index (χ4n) is 3.67. The van der Waals surface area contributed by atoms with Gasteiger partial charge in [-0.1, -0.05) is 0 Å². The van der Waals surface area contributed by atoms with Gasteiger partial charge in [0, 0.05) is 39.1 Å². The van der Waals surface area contributed by atoms with Crippen LogP contribution in [0.1, 0.15) is 19.8 Å². The van der Waals surface area contributed by atoms with Gasteiger partial charge in [0.1, 0.15) is 0 Å². The van der Waals surface area contributed by atoms with Crippen LogP contribution in [0.4, 0.5) is 0 Å². The Morgan fingerprint density at radius 2 is 1.86 bits per heavy atom. The van der Waals surface area contributed by atoms with Crippen molar-refractivity contribution in [2.45, 2.75) is 25.8 Å². The van der Waals surface area contributed by atoms with E-state index < -0.39 is 0 Å². The predicted octanol–water partition coefficient (Wildman–Crippen LogP) is 0.559. The normalized spacial score (nSPS) is 45.4. The van der Waals surface area contributed by atoms with Gasteiger partial charge in [0.15, 0.2) is 0 Å². The second-order valence-corrected chi connectivity index (χ2v) is 5.25. The lowest BCUT2D eigenvalue weighted by Crippen LogP contribution is -2.50. The maximum atomic E-state index is 11.5. The Hall–Kier alpha value is -0.570. The molecule has 4 aliphatic rings. The Labute approximate surface area is 85.1 Å². The van der Waals surface area contributed by atoms with Crippen LogP contribution in [0.2, 0.25) is 0 Å². The highest BCUT2D eigenvalue weighted by Gasteiger charge is 2.42. The third-order valence-corrected chi connectivity index (χ3v) is 4.07. The number of hydrogen-bond acceptors (Lipinski definition) is 2. The third kappa shape index (κ3) is 1.26. The fourth-order valence-corrected chi connectivity index (χ4v) is 3.67. The van der Waals surface area contributed by atoms with Gasteiger partial charge >= 0.3 is 0 Å². The molecule has 4 heterocycles. The average molecular weight is 194 g/mol. The Balaban J connectivity index is 1.89. The number of carbonyl (C=O) groups is 1. The molecule has 4 rings (SSSR count). The van der Waals surface area contributed by atoms with Gasteiger partial charge in [0.05, 0.1) is 0 Å². The van der Waals surface area contributed by atoms with Crippen molar-refractivity contribution in [1.82, 2.24) is 9.80 Å². The summed E-state index contributed by atoms with van der Waals surface area (Å²) in [5, 5.41) is 0. The first kappa shape index (κ1) is 8.72. The van der Waals surface area contributed by atoms with Crippen LogP contribution in [-0.2, 0) is 4.79 Å². The van der Waals surface area contributed by atoms with E-state index in [2.05, 4.69) is 9.80 Å². The predicted molar refractivity (Wildman–Crippen MR) is 53.8 cm³/mol. The van der Waals surface area contributed by atoms with Crippen LogP contribution < -0.4 is 0 Å². The van der Waals surface area contributed by atoms with Gasteiger partial charge in [-0.15, -0.1) is 0 Å². The summed E-state index contributed by atoms with van der Waals surface area (Å²) in [5.41, 5.74) is 0. The molecule has 0 N–H and O–H groups in total. The molecule has 14 heavy (non-hydrogen) atoms. The largest absolute Gasteiger partial charge is 0.338 e. The minimum absolute atomic E-state index is 0.282. The standard InChI is InChI=1S/C11H18N2O/c1-8(14)13-6-10-2-9-3-11(13)7-12(4-9)5-10/h9-11H,2-7H2,1H3. The number of rotatable bonds is 0. The van der Waals surface area contributed by atoms with E-state index >= 15 is 0 Å². The van der Waals surface area contributed by atoms with Gasteiger partial charge in [0.2, 0.25) is 5.91 Å². The Morgan fingerprint density at radius 1 is 1.07 bits per heavy atom. The Morgan fingerprint density at radius 3 is 2.57 bits per heavy atom. The van der Waals surface area contributed by atoms with E-state index in [0.29, 0.717) is 6.04 Å². The van der Waals surface area contributed by atoms with E-state index in [-0.39, 0.29) is 5.91 Å². The van der Waals surface area contributed by atoms with E-state index in [1.165, 1.54) is 25.9 Å². The number of nitrogens with zero attached hydrogens (tertiary/aromatic N) is 2. The number of carbonyl (C=O) groups excluding carboxylic acids is 1. The summed E-state index contributed by atoms with van der Waals surface area (Å²) in [7, 11) is 0. The van der Waals surface area contributed by atoms with E-state index in [4.69, 9.17) is 0 Å². The lowest BCUT2D eigenvalue weighted by Gasteiger charge is -2.41. The maximum Gasteiger partial charge on any atom is 0.219 e. The molecule has 0 aromatic carbocycles. The van der Waals surface area contributed by atoms with Crippen LogP contribution in [0, 0.1) is 11.8 Å². The minimum Gasteiger partial charge on any atom is -0.338 e. The first-order chi connectivity index (χ1) is 6.72. The maximum absolute atomic E-state index is 11.5. The third-order valence-electron chi connectivity index (χ3n) is 4.07. The molecule has 3 nitrogen and oxygen atoms in total. The molecule has 1 amide bonds. The topological polar surface area (TPSA) is 23.6 Å². The SMILES string of the molecule is CC(=O)N1CC2CC3CC1CN(C3)C2.